The Morgan fingerprint density at radius 1 is 0.923 bits per heavy atom. The lowest BCUT2D eigenvalue weighted by atomic mass is 9.94. The van der Waals surface area contributed by atoms with Crippen LogP contribution in [0.3, 0.4) is 0 Å². The van der Waals surface area contributed by atoms with Crippen LogP contribution in [0.25, 0.3) is 5.76 Å². The maximum atomic E-state index is 13.5. The van der Waals surface area contributed by atoms with Gasteiger partial charge < -0.3 is 14.6 Å². The van der Waals surface area contributed by atoms with E-state index in [1.165, 1.54) is 12.0 Å². The number of methoxy groups -OCH3 is 1. The minimum absolute atomic E-state index is 0.0539. The number of ether oxygens (including phenoxy) is 2. The van der Waals surface area contributed by atoms with E-state index in [9.17, 15) is 14.7 Å². The molecular formula is C32H26ClNO5. The Bertz CT molecular complexity index is 1550. The molecule has 6 nitrogen and oxygen atoms in total. The molecule has 1 N–H and O–H groups in total. The molecule has 4 aromatic carbocycles. The van der Waals surface area contributed by atoms with Gasteiger partial charge in [0.05, 0.1) is 29.3 Å². The average molecular weight is 540 g/mol. The number of para-hydroxylation sites is 1. The van der Waals surface area contributed by atoms with E-state index in [4.69, 9.17) is 21.1 Å². The number of nitrogens with zero attached hydrogens (tertiary/aromatic N) is 1. The molecule has 1 aliphatic heterocycles. The van der Waals surface area contributed by atoms with Gasteiger partial charge in [-0.05, 0) is 60.0 Å². The lowest BCUT2D eigenvalue weighted by Gasteiger charge is -2.25. The molecule has 7 heteroatoms. The van der Waals surface area contributed by atoms with Crippen molar-refractivity contribution in [2.45, 2.75) is 19.6 Å². The van der Waals surface area contributed by atoms with Gasteiger partial charge in [0.1, 0.15) is 23.9 Å². The maximum absolute atomic E-state index is 13.5. The van der Waals surface area contributed by atoms with Gasteiger partial charge in [0.2, 0.25) is 0 Å². The number of carbonyl (C=O) groups is 2. The van der Waals surface area contributed by atoms with Crippen molar-refractivity contribution < 1.29 is 24.2 Å². The molecule has 39 heavy (non-hydrogen) atoms. The fourth-order valence-corrected chi connectivity index (χ4v) is 5.10. The van der Waals surface area contributed by atoms with Crippen LogP contribution in [0, 0.1) is 6.92 Å². The standard InChI is InChI=1S/C32H26ClNO5/c1-20-17-25(31(38-2)26(33)18-20)29(35)27-28(34(32(37)30(27)36)23-11-7-4-8-12-23)22-13-15-24(16-14-22)39-19-21-9-5-3-6-10-21/h3-18,28,35H,19H2,1-2H3/b29-27+. The van der Waals surface area contributed by atoms with E-state index in [1.807, 2.05) is 43.3 Å². The normalized spacial score (nSPS) is 16.4. The highest BCUT2D eigenvalue weighted by atomic mass is 35.5. The van der Waals surface area contributed by atoms with E-state index >= 15 is 0 Å². The summed E-state index contributed by atoms with van der Waals surface area (Å²) >= 11 is 6.39. The van der Waals surface area contributed by atoms with Crippen LogP contribution < -0.4 is 14.4 Å². The lowest BCUT2D eigenvalue weighted by molar-refractivity contribution is -0.132. The molecule has 0 aliphatic carbocycles. The van der Waals surface area contributed by atoms with Crippen LogP contribution in [0.4, 0.5) is 5.69 Å². The van der Waals surface area contributed by atoms with Crippen molar-refractivity contribution in [3.63, 3.8) is 0 Å². The van der Waals surface area contributed by atoms with Crippen LogP contribution in [0.2, 0.25) is 5.02 Å². The first-order chi connectivity index (χ1) is 18.9. The third-order valence-electron chi connectivity index (χ3n) is 6.57. The Balaban J connectivity index is 1.60. The first kappa shape index (κ1) is 26.1. The van der Waals surface area contributed by atoms with Crippen molar-refractivity contribution in [3.05, 3.63) is 130 Å². The number of aliphatic hydroxyl groups is 1. The van der Waals surface area contributed by atoms with Crippen molar-refractivity contribution in [2.24, 2.45) is 0 Å². The van der Waals surface area contributed by atoms with Crippen LogP contribution in [-0.4, -0.2) is 23.9 Å². The van der Waals surface area contributed by atoms with E-state index in [2.05, 4.69) is 0 Å². The van der Waals surface area contributed by atoms with Gasteiger partial charge >= 0.3 is 0 Å². The van der Waals surface area contributed by atoms with Gasteiger partial charge in [-0.15, -0.1) is 0 Å². The minimum atomic E-state index is -0.889. The van der Waals surface area contributed by atoms with Gasteiger partial charge in [-0.1, -0.05) is 72.3 Å². The second kappa shape index (κ2) is 11.1. The highest BCUT2D eigenvalue weighted by Gasteiger charge is 2.47. The quantitative estimate of drug-likeness (QED) is 0.158. The molecule has 0 saturated carbocycles. The van der Waals surface area contributed by atoms with Gasteiger partial charge in [-0.3, -0.25) is 14.5 Å². The molecule has 1 atom stereocenters. The first-order valence-electron chi connectivity index (χ1n) is 12.4. The Morgan fingerprint density at radius 2 is 1.56 bits per heavy atom. The first-order valence-corrected chi connectivity index (χ1v) is 12.7. The van der Waals surface area contributed by atoms with Gasteiger partial charge in [-0.25, -0.2) is 0 Å². The van der Waals surface area contributed by atoms with Gasteiger partial charge in [0, 0.05) is 5.69 Å². The number of aliphatic hydroxyl groups excluding tert-OH is 1. The van der Waals surface area contributed by atoms with Crippen molar-refractivity contribution in [3.8, 4) is 11.5 Å². The van der Waals surface area contributed by atoms with E-state index in [1.54, 1.807) is 60.7 Å². The lowest BCUT2D eigenvalue weighted by Crippen LogP contribution is -2.29. The molecule has 1 aliphatic rings. The number of hydrogen-bond acceptors (Lipinski definition) is 5. The monoisotopic (exact) mass is 539 g/mol. The van der Waals surface area contributed by atoms with Crippen LogP contribution in [-0.2, 0) is 16.2 Å². The average Bonchev–Trinajstić information content (AvgIpc) is 3.22. The van der Waals surface area contributed by atoms with Gasteiger partial charge in [0.15, 0.2) is 0 Å². The van der Waals surface area contributed by atoms with Crippen molar-refractivity contribution in [1.82, 2.24) is 0 Å². The predicted octanol–water partition coefficient (Wildman–Crippen LogP) is 6.86. The second-order valence-corrected chi connectivity index (χ2v) is 9.58. The van der Waals surface area contributed by atoms with Crippen molar-refractivity contribution >= 4 is 34.7 Å². The summed E-state index contributed by atoms with van der Waals surface area (Å²) in [5.41, 5.74) is 3.13. The fourth-order valence-electron chi connectivity index (χ4n) is 4.75. The number of rotatable bonds is 7. The zero-order valence-corrected chi connectivity index (χ0v) is 22.2. The van der Waals surface area contributed by atoms with Gasteiger partial charge in [-0.2, -0.15) is 0 Å². The molecule has 0 bridgehead atoms. The third-order valence-corrected chi connectivity index (χ3v) is 6.85. The molecule has 0 aromatic heterocycles. The molecule has 0 spiro atoms. The summed E-state index contributed by atoms with van der Waals surface area (Å²) in [7, 11) is 1.43. The van der Waals surface area contributed by atoms with E-state index < -0.39 is 17.7 Å². The molecule has 196 valence electrons. The van der Waals surface area contributed by atoms with E-state index in [0.29, 0.717) is 23.6 Å². The highest BCUT2D eigenvalue weighted by molar-refractivity contribution is 6.51. The summed E-state index contributed by atoms with van der Waals surface area (Å²) in [6.07, 6.45) is 0. The molecule has 1 fully saturated rings. The number of anilines is 1. The predicted molar refractivity (Wildman–Crippen MR) is 151 cm³/mol. The number of amides is 1. The zero-order valence-electron chi connectivity index (χ0n) is 21.4. The molecule has 5 rings (SSSR count). The largest absolute Gasteiger partial charge is 0.507 e. The molecule has 0 radical (unpaired) electrons. The van der Waals surface area contributed by atoms with Crippen molar-refractivity contribution in [2.75, 3.05) is 12.0 Å². The Morgan fingerprint density at radius 3 is 2.21 bits per heavy atom. The number of carbonyl (C=O) groups excluding carboxylic acids is 2. The highest BCUT2D eigenvalue weighted by Crippen LogP contribution is 2.44. The van der Waals surface area contributed by atoms with Crippen LogP contribution in [0.1, 0.15) is 28.3 Å². The van der Waals surface area contributed by atoms with Crippen LogP contribution in [0.15, 0.2) is 103 Å². The number of halogens is 1. The number of ketones is 1. The van der Waals surface area contributed by atoms with Crippen LogP contribution >= 0.6 is 11.6 Å². The number of hydrogen-bond donors (Lipinski definition) is 1. The third kappa shape index (κ3) is 5.11. The van der Waals surface area contributed by atoms with Gasteiger partial charge in [0.25, 0.3) is 11.7 Å². The topological polar surface area (TPSA) is 76.1 Å². The number of benzene rings is 4. The smallest absolute Gasteiger partial charge is 0.300 e. The Labute approximate surface area is 231 Å². The van der Waals surface area contributed by atoms with Crippen molar-refractivity contribution in [1.29, 1.82) is 0 Å². The summed E-state index contributed by atoms with van der Waals surface area (Å²) in [4.78, 5) is 28.3. The number of aryl methyl sites for hydroxylation is 1. The molecule has 1 amide bonds. The van der Waals surface area contributed by atoms with E-state index in [0.717, 1.165) is 11.1 Å². The molecule has 4 aromatic rings. The SMILES string of the molecule is COc1c(Cl)cc(C)cc1/C(O)=C1\C(=O)C(=O)N(c2ccccc2)C1c1ccc(OCc2ccccc2)cc1. The number of Topliss-reactive ketones (excluding diaryl/α,β-unsaturated/α-hetero) is 1. The minimum Gasteiger partial charge on any atom is -0.507 e. The van der Waals surface area contributed by atoms with E-state index in [-0.39, 0.29) is 27.7 Å². The summed E-state index contributed by atoms with van der Waals surface area (Å²) in [6, 6.07) is 28.3. The summed E-state index contributed by atoms with van der Waals surface area (Å²) < 4.78 is 11.4. The Kier molecular flexibility index (Phi) is 7.39. The summed E-state index contributed by atoms with van der Waals surface area (Å²) in [5.74, 6) is -1.05. The Hall–Kier alpha value is -4.55. The molecule has 1 unspecified atom stereocenters. The molecule has 1 saturated heterocycles. The zero-order chi connectivity index (χ0) is 27.5. The summed E-state index contributed by atoms with van der Waals surface area (Å²) in [6.45, 7) is 2.22. The fraction of sp³-hybridized carbons (Fsp3) is 0.125. The molecular weight excluding hydrogens is 514 g/mol. The molecule has 1 heterocycles. The van der Waals surface area contributed by atoms with Crippen LogP contribution in [0.5, 0.6) is 11.5 Å². The maximum Gasteiger partial charge on any atom is 0.300 e. The summed E-state index contributed by atoms with van der Waals surface area (Å²) in [5, 5.41) is 11.8. The second-order valence-electron chi connectivity index (χ2n) is 9.18.